The van der Waals surface area contributed by atoms with E-state index in [1.54, 1.807) is 68.5 Å². The van der Waals surface area contributed by atoms with Crippen molar-refractivity contribution in [1.82, 2.24) is 60.9 Å². The molecule has 5 N–H and O–H groups in total. The lowest BCUT2D eigenvalue weighted by molar-refractivity contribution is -0.164. The van der Waals surface area contributed by atoms with Gasteiger partial charge in [-0.15, -0.1) is 0 Å². The molecule has 0 fully saturated rings. The molecule has 14 atom stereocenters. The monoisotopic (exact) mass is 1440 g/mol. The first kappa shape index (κ1) is 92.8. The maximum atomic E-state index is 15.3. The Bertz CT molecular complexity index is 2930. The van der Waals surface area contributed by atoms with E-state index in [1.807, 2.05) is 47.6 Å². The van der Waals surface area contributed by atoms with E-state index in [0.717, 1.165) is 23.0 Å². The second-order valence-electron chi connectivity index (χ2n) is 28.9. The molecule has 0 heterocycles. The quantitative estimate of drug-likeness (QED) is 0.0433. The molecule has 0 aromatic rings. The number of amides is 11. The highest BCUT2D eigenvalue weighted by molar-refractivity contribution is 7.90. The second-order valence-corrected chi connectivity index (χ2v) is 31.1. The SMILES string of the molecule is C/C=C/C[C@@H](C)[C@@H](OC(C)=O)[C@@H](C(=O)N[C@@H](CC)C(=O)OCCN(C)C(C)=O)N(C)C(=O)[C@H](C(C)C)N(C)C(=O)[C@H](CC(C)C)N(C)C(=O)[C@H](CC(C)C)N(C)C(=O)[C@@H](C)NC(=O)[C@H](C)NC(=O)[C@H](CC(C)C)N(C)C(=O)[C@@H](NC(=O)[C@H]([C@H](C)CS(C)(=O)=O)N(C)C(=O)[C@@H](C)NC)C(C)C. The number of hydrogen-bond acceptors (Lipinski definition) is 18. The summed E-state index contributed by atoms with van der Waals surface area (Å²) in [6.45, 7) is 31.2. The minimum absolute atomic E-state index is 0.0559. The highest BCUT2D eigenvalue weighted by atomic mass is 32.2. The van der Waals surface area contributed by atoms with Gasteiger partial charge in [0, 0.05) is 69.4 Å². The average molecular weight is 1440 g/mol. The Balaban J connectivity index is 7.22. The highest BCUT2D eigenvalue weighted by Gasteiger charge is 2.47. The number of likely N-dealkylation sites (N-methyl/N-ethyl adjacent to an activating group) is 8. The summed E-state index contributed by atoms with van der Waals surface area (Å²) in [6, 6.07) is -13.7. The summed E-state index contributed by atoms with van der Waals surface area (Å²) >= 11 is 0. The Morgan fingerprint density at radius 3 is 1.36 bits per heavy atom. The van der Waals surface area contributed by atoms with Crippen LogP contribution in [-0.2, 0) is 81.6 Å². The molecule has 0 spiro atoms. The number of carbonyl (C=O) groups is 13. The number of esters is 2. The van der Waals surface area contributed by atoms with Gasteiger partial charge in [-0.25, -0.2) is 13.2 Å². The fraction of sp³-hybridized carbons (Fsp3) is 0.786. The van der Waals surface area contributed by atoms with Crippen molar-refractivity contribution in [1.29, 1.82) is 0 Å². The molecule has 0 aliphatic carbocycles. The summed E-state index contributed by atoms with van der Waals surface area (Å²) in [7, 11) is 7.80. The smallest absolute Gasteiger partial charge is 0.328 e. The number of ether oxygens (including phenoxy) is 2. The predicted molar refractivity (Wildman–Crippen MR) is 383 cm³/mol. The van der Waals surface area contributed by atoms with Crippen molar-refractivity contribution in [3.63, 3.8) is 0 Å². The topological polar surface area (TPSA) is 357 Å². The first-order chi connectivity index (χ1) is 46.0. The van der Waals surface area contributed by atoms with Gasteiger partial charge in [-0.2, -0.15) is 0 Å². The number of sulfone groups is 1. The van der Waals surface area contributed by atoms with Crippen molar-refractivity contribution in [3.8, 4) is 0 Å². The Morgan fingerprint density at radius 1 is 0.480 bits per heavy atom. The molecule has 30 heteroatoms. The summed E-state index contributed by atoms with van der Waals surface area (Å²) in [6.07, 6.45) is 3.97. The molecule has 0 aliphatic heterocycles. The van der Waals surface area contributed by atoms with Gasteiger partial charge in [0.25, 0.3) is 0 Å². The number of rotatable bonds is 42. The van der Waals surface area contributed by atoms with Crippen LogP contribution in [0.2, 0.25) is 0 Å². The zero-order chi connectivity index (χ0) is 78.0. The lowest BCUT2D eigenvalue weighted by Gasteiger charge is -2.42. The molecule has 0 rings (SSSR count). The average Bonchev–Trinajstić information content (AvgIpc) is 0.792. The van der Waals surface area contributed by atoms with Crippen molar-refractivity contribution in [2.45, 2.75) is 236 Å². The van der Waals surface area contributed by atoms with Crippen LogP contribution in [0.1, 0.15) is 164 Å². The van der Waals surface area contributed by atoms with E-state index in [9.17, 15) is 56.4 Å². The fourth-order valence-electron chi connectivity index (χ4n) is 11.8. The van der Waals surface area contributed by atoms with E-state index in [1.165, 1.54) is 102 Å². The molecule has 11 amide bonds. The summed E-state index contributed by atoms with van der Waals surface area (Å²) in [4.78, 5) is 192. The third-order valence-corrected chi connectivity index (χ3v) is 19.0. The van der Waals surface area contributed by atoms with Gasteiger partial charge in [-0.05, 0) is 108 Å². The van der Waals surface area contributed by atoms with Crippen molar-refractivity contribution in [2.75, 3.05) is 81.5 Å². The van der Waals surface area contributed by atoms with Crippen LogP contribution in [0, 0.1) is 41.4 Å². The molecule has 0 aliphatic rings. The lowest BCUT2D eigenvalue weighted by atomic mass is 9.91. The Kier molecular flexibility index (Phi) is 39.8. The first-order valence-electron chi connectivity index (χ1n) is 34.8. The van der Waals surface area contributed by atoms with Crippen LogP contribution in [0.15, 0.2) is 12.2 Å². The van der Waals surface area contributed by atoms with Gasteiger partial charge in [0.1, 0.15) is 83.0 Å². The molecule has 0 saturated heterocycles. The minimum atomic E-state index is -3.63. The second kappa shape index (κ2) is 42.9. The van der Waals surface area contributed by atoms with Crippen LogP contribution >= 0.6 is 0 Å². The van der Waals surface area contributed by atoms with Gasteiger partial charge < -0.3 is 70.4 Å². The van der Waals surface area contributed by atoms with Gasteiger partial charge in [-0.3, -0.25) is 57.5 Å². The van der Waals surface area contributed by atoms with E-state index in [-0.39, 0.29) is 62.5 Å². The molecule has 0 aromatic heterocycles. The van der Waals surface area contributed by atoms with Gasteiger partial charge in [-0.1, -0.05) is 102 Å². The van der Waals surface area contributed by atoms with Crippen molar-refractivity contribution in [3.05, 3.63) is 12.2 Å². The number of nitrogens with one attached hydrogen (secondary N) is 5. The van der Waals surface area contributed by atoms with Gasteiger partial charge in [0.05, 0.1) is 18.3 Å². The molecule has 0 radical (unpaired) electrons. The van der Waals surface area contributed by atoms with E-state index >= 15 is 14.4 Å². The molecule has 0 aromatic carbocycles. The Hall–Kier alpha value is -7.24. The van der Waals surface area contributed by atoms with E-state index in [4.69, 9.17) is 9.47 Å². The van der Waals surface area contributed by atoms with Gasteiger partial charge >= 0.3 is 11.9 Å². The third-order valence-electron chi connectivity index (χ3n) is 17.9. The number of hydrogen-bond donors (Lipinski definition) is 5. The number of carbonyl (C=O) groups excluding carboxylic acids is 13. The van der Waals surface area contributed by atoms with E-state index < -0.39 is 183 Å². The Morgan fingerprint density at radius 2 is 0.920 bits per heavy atom. The van der Waals surface area contributed by atoms with Crippen molar-refractivity contribution in [2.24, 2.45) is 41.4 Å². The molecule has 0 saturated carbocycles. The number of nitrogens with zero attached hydrogens (tertiary/aromatic N) is 7. The van der Waals surface area contributed by atoms with Gasteiger partial charge in [0.15, 0.2) is 0 Å². The first-order valence-corrected chi connectivity index (χ1v) is 36.9. The maximum absolute atomic E-state index is 15.3. The molecular weight excluding hydrogens is 1310 g/mol. The molecule has 29 nitrogen and oxygen atoms in total. The zero-order valence-corrected chi connectivity index (χ0v) is 66.1. The predicted octanol–water partition coefficient (Wildman–Crippen LogP) is 2.63. The zero-order valence-electron chi connectivity index (χ0n) is 65.3. The van der Waals surface area contributed by atoms with Crippen LogP contribution in [-0.4, -0.2) is 274 Å². The van der Waals surface area contributed by atoms with Gasteiger partial charge in [0.2, 0.25) is 65.0 Å². The van der Waals surface area contributed by atoms with Crippen LogP contribution < -0.4 is 26.6 Å². The normalized spacial score (nSPS) is 16.0. The summed E-state index contributed by atoms with van der Waals surface area (Å²) < 4.78 is 36.2. The van der Waals surface area contributed by atoms with Crippen LogP contribution in [0.3, 0.4) is 0 Å². The maximum Gasteiger partial charge on any atom is 0.328 e. The summed E-state index contributed by atoms with van der Waals surface area (Å²) in [5.74, 6) is -12.7. The largest absolute Gasteiger partial charge is 0.462 e. The third kappa shape index (κ3) is 28.6. The van der Waals surface area contributed by atoms with Crippen LogP contribution in [0.25, 0.3) is 0 Å². The van der Waals surface area contributed by atoms with Crippen LogP contribution in [0.5, 0.6) is 0 Å². The summed E-state index contributed by atoms with van der Waals surface area (Å²) in [5, 5.41) is 13.6. The fourth-order valence-corrected chi connectivity index (χ4v) is 12.9. The molecule has 0 unspecified atom stereocenters. The molecular formula is C70H126N12O17S. The van der Waals surface area contributed by atoms with Crippen LogP contribution in [0.4, 0.5) is 0 Å². The number of allylic oxidation sites excluding steroid dienone is 2. The minimum Gasteiger partial charge on any atom is -0.462 e. The summed E-state index contributed by atoms with van der Waals surface area (Å²) in [5.41, 5.74) is 0. The molecule has 100 heavy (non-hydrogen) atoms. The van der Waals surface area contributed by atoms with E-state index in [2.05, 4.69) is 26.6 Å². The van der Waals surface area contributed by atoms with Crippen molar-refractivity contribution >= 4 is 86.8 Å². The van der Waals surface area contributed by atoms with E-state index in [0.29, 0.717) is 6.42 Å². The Labute approximate surface area is 596 Å². The standard InChI is InChI=1S/C70H126N12O17S/c1-29-31-32-44(13)59(99-50(19)84)58(63(88)74-51(30-2)70(95)98-34-33-76(21)49(18)83)82(27)69(94)56(43(11)12)80(25)67(92)54(37-41(7)8)79(24)66(91)53(36-40(5)6)78(23)65(90)48(17)73-60(85)46(15)72-61(86)52(35-39(3)4)77(22)68(93)55(42(9)10)75-62(87)57(45(14)38-100(28,96)97)81(26)64(89)47(16)71-20/h29,31,39-48,51-59,71H,30,32-38H2,1-28H3,(H,72,86)(H,73,85)(H,74,88)(H,75,87)/b31-29+/t44-,45-,46+,47-,48-,51+,52+,53+,54+,55+,56+,57+,58+,59-/m1/s1. The van der Waals surface area contributed by atoms with Crippen molar-refractivity contribution < 1.29 is 80.2 Å². The molecule has 574 valence electrons. The highest BCUT2D eigenvalue weighted by Crippen LogP contribution is 2.27. The molecule has 0 bridgehead atoms. The lowest BCUT2D eigenvalue weighted by Crippen LogP contribution is -2.63.